The quantitative estimate of drug-likeness (QED) is 0.593. The lowest BCUT2D eigenvalue weighted by atomic mass is 9.59. The fourth-order valence-corrected chi connectivity index (χ4v) is 2.86. The second-order valence-corrected chi connectivity index (χ2v) is 5.99. The number of nitrogens with two attached hydrogens (primary N) is 1. The van der Waals surface area contributed by atoms with Crippen molar-refractivity contribution in [1.29, 1.82) is 0 Å². The molecule has 0 aromatic heterocycles. The van der Waals surface area contributed by atoms with E-state index in [0.717, 1.165) is 0 Å². The minimum Gasteiger partial charge on any atom is -0.327 e. The van der Waals surface area contributed by atoms with Gasteiger partial charge >= 0.3 is 0 Å². The number of rotatable bonds is 0. The molecular weight excluding hydrogens is 146 g/mol. The molecule has 2 N–H and O–H groups in total. The van der Waals surface area contributed by atoms with Gasteiger partial charge in [-0.25, -0.2) is 0 Å². The van der Waals surface area contributed by atoms with Gasteiger partial charge < -0.3 is 5.73 Å². The van der Waals surface area contributed by atoms with Crippen LogP contribution < -0.4 is 5.73 Å². The molecule has 12 heavy (non-hydrogen) atoms. The topological polar surface area (TPSA) is 26.0 Å². The molecule has 1 fully saturated rings. The number of hydrogen-bond donors (Lipinski definition) is 1. The van der Waals surface area contributed by atoms with Crippen LogP contribution in [0.15, 0.2) is 0 Å². The molecule has 72 valence electrons. The summed E-state index contributed by atoms with van der Waals surface area (Å²) in [5, 5.41) is 0. The zero-order valence-electron chi connectivity index (χ0n) is 9.15. The van der Waals surface area contributed by atoms with Crippen LogP contribution in [0, 0.1) is 16.7 Å². The van der Waals surface area contributed by atoms with Crippen molar-refractivity contribution in [2.75, 3.05) is 0 Å². The van der Waals surface area contributed by atoms with Crippen molar-refractivity contribution >= 4 is 0 Å². The molecule has 0 aromatic carbocycles. The molecule has 1 aliphatic rings. The molecular formula is C11H23N. The van der Waals surface area contributed by atoms with Crippen LogP contribution in [-0.4, -0.2) is 6.04 Å². The number of hydrogen-bond acceptors (Lipinski definition) is 1. The molecule has 2 unspecified atom stereocenters. The van der Waals surface area contributed by atoms with Gasteiger partial charge in [-0.2, -0.15) is 0 Å². The van der Waals surface area contributed by atoms with Gasteiger partial charge in [-0.05, 0) is 29.6 Å². The molecule has 1 rings (SSSR count). The third kappa shape index (κ3) is 1.82. The van der Waals surface area contributed by atoms with Crippen LogP contribution in [0.3, 0.4) is 0 Å². The molecule has 0 aromatic rings. The first kappa shape index (κ1) is 10.0. The maximum atomic E-state index is 6.13. The summed E-state index contributed by atoms with van der Waals surface area (Å²) in [5.41, 5.74) is 6.99. The zero-order chi connectivity index (χ0) is 9.57. The van der Waals surface area contributed by atoms with Gasteiger partial charge in [-0.15, -0.1) is 0 Å². The van der Waals surface area contributed by atoms with Crippen LogP contribution in [0.5, 0.6) is 0 Å². The van der Waals surface area contributed by atoms with Gasteiger partial charge in [0.25, 0.3) is 0 Å². The average Bonchev–Trinajstić information content (AvgIpc) is 1.79. The van der Waals surface area contributed by atoms with Gasteiger partial charge in [-0.1, -0.05) is 34.6 Å². The van der Waals surface area contributed by atoms with E-state index < -0.39 is 0 Å². The fraction of sp³-hybridized carbons (Fsp3) is 1.00. The molecule has 0 heterocycles. The Morgan fingerprint density at radius 1 is 1.17 bits per heavy atom. The molecule has 1 aliphatic carbocycles. The van der Waals surface area contributed by atoms with Crippen LogP contribution >= 0.6 is 0 Å². The molecule has 1 heteroatoms. The summed E-state index contributed by atoms with van der Waals surface area (Å²) >= 11 is 0. The molecule has 0 radical (unpaired) electrons. The van der Waals surface area contributed by atoms with E-state index in [4.69, 9.17) is 5.73 Å². The lowest BCUT2D eigenvalue weighted by molar-refractivity contribution is 0.0409. The van der Waals surface area contributed by atoms with E-state index in [1.54, 1.807) is 0 Å². The maximum absolute atomic E-state index is 6.13. The van der Waals surface area contributed by atoms with E-state index in [-0.39, 0.29) is 0 Å². The first-order valence-corrected chi connectivity index (χ1v) is 5.00. The normalized spacial score (nSPS) is 39.5. The Kier molecular flexibility index (Phi) is 2.28. The van der Waals surface area contributed by atoms with Crippen LogP contribution in [0.4, 0.5) is 0 Å². The smallest absolute Gasteiger partial charge is 0.00747 e. The van der Waals surface area contributed by atoms with Gasteiger partial charge in [0.1, 0.15) is 0 Å². The summed E-state index contributed by atoms with van der Waals surface area (Å²) < 4.78 is 0. The highest BCUT2D eigenvalue weighted by atomic mass is 14.7. The van der Waals surface area contributed by atoms with Gasteiger partial charge in [0.2, 0.25) is 0 Å². The maximum Gasteiger partial charge on any atom is 0.00747 e. The van der Waals surface area contributed by atoms with E-state index in [9.17, 15) is 0 Å². The molecule has 0 spiro atoms. The van der Waals surface area contributed by atoms with Crippen molar-refractivity contribution < 1.29 is 0 Å². The Balaban J connectivity index is 2.80. The van der Waals surface area contributed by atoms with Gasteiger partial charge in [0.05, 0.1) is 0 Å². The highest BCUT2D eigenvalue weighted by Gasteiger charge is 2.42. The fourth-order valence-electron chi connectivity index (χ4n) is 2.86. The van der Waals surface area contributed by atoms with E-state index >= 15 is 0 Å². The van der Waals surface area contributed by atoms with E-state index in [0.29, 0.717) is 22.8 Å². The van der Waals surface area contributed by atoms with E-state index in [2.05, 4.69) is 34.6 Å². The van der Waals surface area contributed by atoms with Crippen LogP contribution in [0.25, 0.3) is 0 Å². The third-order valence-electron chi connectivity index (χ3n) is 3.60. The summed E-state index contributed by atoms with van der Waals surface area (Å²) in [6.45, 7) is 11.7. The van der Waals surface area contributed by atoms with Crippen molar-refractivity contribution in [2.45, 2.75) is 53.5 Å². The molecule has 0 saturated heterocycles. The molecule has 1 saturated carbocycles. The van der Waals surface area contributed by atoms with Gasteiger partial charge in [-0.3, -0.25) is 0 Å². The van der Waals surface area contributed by atoms with Crippen molar-refractivity contribution in [3.63, 3.8) is 0 Å². The minimum atomic E-state index is 0.392. The highest BCUT2D eigenvalue weighted by Crippen LogP contribution is 2.48. The SMILES string of the molecule is CC1C(N)CC(C)(C)CC1(C)C. The molecule has 1 nitrogen and oxygen atoms in total. The monoisotopic (exact) mass is 169 g/mol. The lowest BCUT2D eigenvalue weighted by Gasteiger charge is -2.48. The largest absolute Gasteiger partial charge is 0.327 e. The van der Waals surface area contributed by atoms with Crippen LogP contribution in [0.1, 0.15) is 47.5 Å². The lowest BCUT2D eigenvalue weighted by Crippen LogP contribution is -2.47. The summed E-state index contributed by atoms with van der Waals surface area (Å²) in [4.78, 5) is 0. The minimum absolute atomic E-state index is 0.392. The molecule has 0 amide bonds. The van der Waals surface area contributed by atoms with Crippen molar-refractivity contribution in [1.82, 2.24) is 0 Å². The predicted octanol–water partition coefficient (Wildman–Crippen LogP) is 2.80. The summed E-state index contributed by atoms with van der Waals surface area (Å²) in [7, 11) is 0. The highest BCUT2D eigenvalue weighted by molar-refractivity contribution is 4.95. The Morgan fingerprint density at radius 2 is 1.67 bits per heavy atom. The third-order valence-corrected chi connectivity index (χ3v) is 3.60. The Labute approximate surface area is 76.7 Å². The average molecular weight is 169 g/mol. The summed E-state index contributed by atoms with van der Waals surface area (Å²) in [6.07, 6.45) is 2.48. The molecule has 2 atom stereocenters. The summed E-state index contributed by atoms with van der Waals surface area (Å²) in [5.74, 6) is 0.658. The summed E-state index contributed by atoms with van der Waals surface area (Å²) in [6, 6.07) is 0.392. The van der Waals surface area contributed by atoms with E-state index in [1.807, 2.05) is 0 Å². The van der Waals surface area contributed by atoms with Crippen LogP contribution in [-0.2, 0) is 0 Å². The van der Waals surface area contributed by atoms with Crippen molar-refractivity contribution in [3.8, 4) is 0 Å². The molecule has 0 bridgehead atoms. The Hall–Kier alpha value is -0.0400. The van der Waals surface area contributed by atoms with Gasteiger partial charge in [0.15, 0.2) is 0 Å². The standard InChI is InChI=1S/C11H23N/c1-8-9(12)6-10(2,3)7-11(8,4)5/h8-9H,6-7,12H2,1-5H3. The predicted molar refractivity (Wildman–Crippen MR) is 53.9 cm³/mol. The van der Waals surface area contributed by atoms with E-state index in [1.165, 1.54) is 12.8 Å². The van der Waals surface area contributed by atoms with Gasteiger partial charge in [0, 0.05) is 6.04 Å². The van der Waals surface area contributed by atoms with Crippen molar-refractivity contribution in [3.05, 3.63) is 0 Å². The Morgan fingerprint density at radius 3 is 2.08 bits per heavy atom. The second-order valence-electron chi connectivity index (χ2n) is 5.99. The first-order chi connectivity index (χ1) is 5.25. The Bertz CT molecular complexity index is 170. The zero-order valence-corrected chi connectivity index (χ0v) is 9.15. The molecule has 0 aliphatic heterocycles. The van der Waals surface area contributed by atoms with Crippen LogP contribution in [0.2, 0.25) is 0 Å². The van der Waals surface area contributed by atoms with Crippen molar-refractivity contribution in [2.24, 2.45) is 22.5 Å². The second kappa shape index (κ2) is 2.73. The first-order valence-electron chi connectivity index (χ1n) is 5.00.